The van der Waals surface area contributed by atoms with Crippen molar-refractivity contribution < 1.29 is 9.42 Å². The predicted molar refractivity (Wildman–Crippen MR) is 108 cm³/mol. The van der Waals surface area contributed by atoms with Gasteiger partial charge in [-0.3, -0.25) is 4.79 Å². The number of nitrogens with one attached hydrogen (secondary N) is 1. The van der Waals surface area contributed by atoms with Crippen molar-refractivity contribution in [3.05, 3.63) is 53.5 Å². The zero-order chi connectivity index (χ0) is 20.2. The second kappa shape index (κ2) is 8.38. The Bertz CT molecular complexity index is 980. The number of hydrogen-bond donors (Lipinski definition) is 1. The third kappa shape index (κ3) is 4.26. The van der Waals surface area contributed by atoms with E-state index in [1.54, 1.807) is 6.07 Å². The number of amides is 1. The van der Waals surface area contributed by atoms with E-state index in [9.17, 15) is 4.79 Å². The highest BCUT2D eigenvalue weighted by atomic mass is 16.6. The van der Waals surface area contributed by atoms with Gasteiger partial charge in [0.25, 0.3) is 5.91 Å². The normalized spacial score (nSPS) is 13.8. The topological polar surface area (TPSA) is 97.0 Å². The van der Waals surface area contributed by atoms with Crippen molar-refractivity contribution in [1.82, 2.24) is 25.6 Å². The Morgan fingerprint density at radius 2 is 1.90 bits per heavy atom. The molecule has 0 spiro atoms. The second-order valence-corrected chi connectivity index (χ2v) is 7.44. The minimum Gasteiger partial charge on any atom is -0.345 e. The highest BCUT2D eigenvalue weighted by Gasteiger charge is 2.20. The lowest BCUT2D eigenvalue weighted by Crippen LogP contribution is -2.27. The molecule has 4 rings (SSSR count). The molecule has 1 aliphatic heterocycles. The first-order valence-corrected chi connectivity index (χ1v) is 9.91. The molecule has 1 aliphatic rings. The van der Waals surface area contributed by atoms with E-state index in [0.717, 1.165) is 37.2 Å². The van der Waals surface area contributed by atoms with E-state index in [0.29, 0.717) is 23.0 Å². The van der Waals surface area contributed by atoms with E-state index in [1.165, 1.54) is 0 Å². The molecule has 0 radical (unpaired) electrons. The Morgan fingerprint density at radius 3 is 2.62 bits per heavy atom. The number of rotatable bonds is 6. The average molecular weight is 392 g/mol. The summed E-state index contributed by atoms with van der Waals surface area (Å²) in [5.41, 5.74) is 3.30. The zero-order valence-corrected chi connectivity index (χ0v) is 16.6. The molecular formula is C21H24N6O2. The maximum absolute atomic E-state index is 12.8. The molecule has 1 saturated heterocycles. The van der Waals surface area contributed by atoms with Crippen molar-refractivity contribution in [3.63, 3.8) is 0 Å². The molecule has 3 heterocycles. The van der Waals surface area contributed by atoms with E-state index >= 15 is 0 Å². The Labute approximate surface area is 169 Å². The molecule has 150 valence electrons. The van der Waals surface area contributed by atoms with Crippen LogP contribution in [0.2, 0.25) is 0 Å². The Morgan fingerprint density at radius 1 is 1.14 bits per heavy atom. The third-order valence-electron chi connectivity index (χ3n) is 4.97. The maximum Gasteiger partial charge on any atom is 0.270 e. The minimum atomic E-state index is -0.267. The van der Waals surface area contributed by atoms with Crippen LogP contribution in [0.5, 0.6) is 0 Å². The number of carbonyl (C=O) groups is 1. The van der Waals surface area contributed by atoms with Crippen molar-refractivity contribution in [2.24, 2.45) is 0 Å². The van der Waals surface area contributed by atoms with Crippen LogP contribution in [-0.4, -0.2) is 39.3 Å². The fraction of sp³-hybridized carbons (Fsp3) is 0.381. The molecule has 1 amide bonds. The van der Waals surface area contributed by atoms with E-state index in [1.807, 2.05) is 30.3 Å². The molecule has 0 saturated carbocycles. The van der Waals surface area contributed by atoms with Crippen LogP contribution in [0, 0.1) is 0 Å². The second-order valence-electron chi connectivity index (χ2n) is 7.44. The molecule has 2 aromatic heterocycles. The fourth-order valence-corrected chi connectivity index (χ4v) is 3.32. The van der Waals surface area contributed by atoms with Gasteiger partial charge in [0.2, 0.25) is 5.95 Å². The summed E-state index contributed by atoms with van der Waals surface area (Å²) in [5, 5.41) is 10.8. The molecular weight excluding hydrogens is 368 g/mol. The van der Waals surface area contributed by atoms with E-state index < -0.39 is 0 Å². The molecule has 3 aromatic rings. The Balaban J connectivity index is 1.53. The first-order valence-electron chi connectivity index (χ1n) is 9.91. The van der Waals surface area contributed by atoms with Gasteiger partial charge in [0.1, 0.15) is 17.1 Å². The van der Waals surface area contributed by atoms with Crippen LogP contribution in [0.3, 0.4) is 0 Å². The number of carbonyl (C=O) groups excluding carboxylic acids is 1. The summed E-state index contributed by atoms with van der Waals surface area (Å²) >= 11 is 0. The quantitative estimate of drug-likeness (QED) is 0.688. The van der Waals surface area contributed by atoms with Crippen LogP contribution in [-0.2, 0) is 6.54 Å². The van der Waals surface area contributed by atoms with Crippen LogP contribution in [0.1, 0.15) is 54.5 Å². The molecule has 1 aromatic carbocycles. The average Bonchev–Trinajstić information content (AvgIpc) is 3.44. The highest BCUT2D eigenvalue weighted by molar-refractivity contribution is 5.92. The van der Waals surface area contributed by atoms with Gasteiger partial charge in [0.15, 0.2) is 0 Å². The monoisotopic (exact) mass is 392 g/mol. The summed E-state index contributed by atoms with van der Waals surface area (Å²) < 4.78 is 4.89. The molecule has 1 fully saturated rings. The molecule has 8 heteroatoms. The van der Waals surface area contributed by atoms with E-state index in [4.69, 9.17) is 4.63 Å². The summed E-state index contributed by atoms with van der Waals surface area (Å²) in [6.07, 6.45) is 2.25. The number of nitrogens with zero attached hydrogens (tertiary/aromatic N) is 5. The van der Waals surface area contributed by atoms with Gasteiger partial charge in [0, 0.05) is 24.3 Å². The largest absolute Gasteiger partial charge is 0.345 e. The van der Waals surface area contributed by atoms with Crippen molar-refractivity contribution >= 4 is 11.9 Å². The Kier molecular flexibility index (Phi) is 5.50. The first kappa shape index (κ1) is 19.0. The highest BCUT2D eigenvalue weighted by Crippen LogP contribution is 2.22. The van der Waals surface area contributed by atoms with Crippen LogP contribution in [0.4, 0.5) is 5.95 Å². The Hall–Kier alpha value is -3.29. The molecule has 29 heavy (non-hydrogen) atoms. The number of anilines is 1. The van der Waals surface area contributed by atoms with Gasteiger partial charge in [-0.05, 0) is 30.0 Å². The smallest absolute Gasteiger partial charge is 0.270 e. The van der Waals surface area contributed by atoms with Gasteiger partial charge in [-0.25, -0.2) is 14.6 Å². The van der Waals surface area contributed by atoms with E-state index in [2.05, 4.69) is 44.3 Å². The van der Waals surface area contributed by atoms with Crippen LogP contribution in [0.15, 0.2) is 41.0 Å². The predicted octanol–water partition coefficient (Wildman–Crippen LogP) is 3.18. The molecule has 1 N–H and O–H groups in total. The zero-order valence-electron chi connectivity index (χ0n) is 16.6. The molecule has 0 bridgehead atoms. The van der Waals surface area contributed by atoms with Gasteiger partial charge in [0.05, 0.1) is 6.54 Å². The van der Waals surface area contributed by atoms with Gasteiger partial charge in [-0.1, -0.05) is 49.3 Å². The van der Waals surface area contributed by atoms with Crippen LogP contribution in [0.25, 0.3) is 11.3 Å². The van der Waals surface area contributed by atoms with Crippen molar-refractivity contribution in [1.29, 1.82) is 0 Å². The molecule has 0 aliphatic carbocycles. The van der Waals surface area contributed by atoms with Crippen molar-refractivity contribution in [3.8, 4) is 11.3 Å². The van der Waals surface area contributed by atoms with Crippen molar-refractivity contribution in [2.45, 2.75) is 39.2 Å². The SMILES string of the molecule is CC(C)c1cc(C(=O)NCc2nonc2-c2ccccc2)nc(N2CCCC2)n1. The maximum atomic E-state index is 12.8. The standard InChI is InChI=1S/C21H24N6O2/c1-14(2)16-12-17(24-21(23-16)27-10-6-7-11-27)20(28)22-13-18-19(26-29-25-18)15-8-4-3-5-9-15/h3-5,8-9,12,14H,6-7,10-11,13H2,1-2H3,(H,22,28). The van der Waals surface area contributed by atoms with Gasteiger partial charge >= 0.3 is 0 Å². The molecule has 0 unspecified atom stereocenters. The molecule has 0 atom stereocenters. The van der Waals surface area contributed by atoms with E-state index in [-0.39, 0.29) is 18.4 Å². The van der Waals surface area contributed by atoms with Gasteiger partial charge in [-0.2, -0.15) is 0 Å². The minimum absolute atomic E-state index is 0.201. The van der Waals surface area contributed by atoms with Crippen LogP contribution >= 0.6 is 0 Å². The lowest BCUT2D eigenvalue weighted by Gasteiger charge is -2.18. The van der Waals surface area contributed by atoms with Gasteiger partial charge < -0.3 is 10.2 Å². The summed E-state index contributed by atoms with van der Waals surface area (Å²) in [6, 6.07) is 11.4. The number of hydrogen-bond acceptors (Lipinski definition) is 7. The van der Waals surface area contributed by atoms with Crippen LogP contribution < -0.4 is 10.2 Å². The molecule has 8 nitrogen and oxygen atoms in total. The summed E-state index contributed by atoms with van der Waals surface area (Å²) in [4.78, 5) is 24.1. The fourth-order valence-electron chi connectivity index (χ4n) is 3.32. The lowest BCUT2D eigenvalue weighted by molar-refractivity contribution is 0.0945. The third-order valence-corrected chi connectivity index (χ3v) is 4.97. The lowest BCUT2D eigenvalue weighted by atomic mass is 10.1. The van der Waals surface area contributed by atoms with Gasteiger partial charge in [-0.15, -0.1) is 0 Å². The van der Waals surface area contributed by atoms with Crippen molar-refractivity contribution in [2.75, 3.05) is 18.0 Å². The summed E-state index contributed by atoms with van der Waals surface area (Å²) in [6.45, 7) is 6.17. The summed E-state index contributed by atoms with van der Waals surface area (Å²) in [7, 11) is 0. The summed E-state index contributed by atoms with van der Waals surface area (Å²) in [5.74, 6) is 0.569. The first-order chi connectivity index (χ1) is 14.1. The number of aromatic nitrogens is 4. The number of benzene rings is 1.